The molecule has 0 spiro atoms. The van der Waals surface area contributed by atoms with Gasteiger partial charge in [0.1, 0.15) is 5.75 Å². The van der Waals surface area contributed by atoms with Gasteiger partial charge in [-0.05, 0) is 72.9 Å². The molecule has 40 heavy (non-hydrogen) atoms. The van der Waals surface area contributed by atoms with Crippen molar-refractivity contribution in [3.05, 3.63) is 89.5 Å². The van der Waals surface area contributed by atoms with Gasteiger partial charge in [0.25, 0.3) is 0 Å². The van der Waals surface area contributed by atoms with Crippen LogP contribution in [0.5, 0.6) is 5.75 Å². The molecule has 3 aromatic carbocycles. The number of aliphatic carboxylic acids is 1. The van der Waals surface area contributed by atoms with Crippen molar-refractivity contribution in [2.24, 2.45) is 0 Å². The first-order valence-electron chi connectivity index (χ1n) is 14.1. The van der Waals surface area contributed by atoms with Gasteiger partial charge >= 0.3 is 12.0 Å². The van der Waals surface area contributed by atoms with Crippen molar-refractivity contribution in [2.75, 3.05) is 13.6 Å². The van der Waals surface area contributed by atoms with Crippen LogP contribution in [-0.2, 0) is 23.2 Å². The van der Waals surface area contributed by atoms with Gasteiger partial charge in [-0.15, -0.1) is 0 Å². The molecular formula is C34H42N2O4. The molecule has 0 bridgehead atoms. The lowest BCUT2D eigenvalue weighted by atomic mass is 9.87. The van der Waals surface area contributed by atoms with Crippen LogP contribution in [-0.4, -0.2) is 52.1 Å². The van der Waals surface area contributed by atoms with E-state index in [1.165, 1.54) is 5.56 Å². The van der Waals surface area contributed by atoms with Gasteiger partial charge in [0, 0.05) is 25.7 Å². The smallest absolute Gasteiger partial charge is 0.347 e. The Balaban J connectivity index is 1.40. The van der Waals surface area contributed by atoms with Crippen molar-refractivity contribution in [2.45, 2.75) is 77.5 Å². The van der Waals surface area contributed by atoms with E-state index in [0.717, 1.165) is 48.1 Å². The number of urea groups is 1. The van der Waals surface area contributed by atoms with Crippen molar-refractivity contribution >= 4 is 12.0 Å². The van der Waals surface area contributed by atoms with E-state index >= 15 is 0 Å². The van der Waals surface area contributed by atoms with E-state index in [2.05, 4.69) is 51.1 Å². The normalized spacial score (nSPS) is 15.9. The second-order valence-electron chi connectivity index (χ2n) is 12.4. The summed E-state index contributed by atoms with van der Waals surface area (Å²) in [5, 5.41) is 9.56. The summed E-state index contributed by atoms with van der Waals surface area (Å²) in [4.78, 5) is 28.5. The number of benzene rings is 3. The molecule has 4 rings (SSSR count). The number of hydrogen-bond donors (Lipinski definition) is 1. The molecule has 1 N–H and O–H groups in total. The first-order chi connectivity index (χ1) is 18.8. The molecule has 1 aliphatic rings. The fourth-order valence-electron chi connectivity index (χ4n) is 5.11. The Morgan fingerprint density at radius 3 is 2.23 bits per heavy atom. The summed E-state index contributed by atoms with van der Waals surface area (Å²) < 4.78 is 5.95. The number of hydrogen-bond acceptors (Lipinski definition) is 3. The molecule has 212 valence electrons. The highest BCUT2D eigenvalue weighted by Gasteiger charge is 2.34. The van der Waals surface area contributed by atoms with E-state index in [1.54, 1.807) is 13.8 Å². The Morgan fingerprint density at radius 1 is 0.950 bits per heavy atom. The van der Waals surface area contributed by atoms with Crippen LogP contribution in [0.1, 0.15) is 64.2 Å². The monoisotopic (exact) mass is 542 g/mol. The van der Waals surface area contributed by atoms with Crippen LogP contribution < -0.4 is 4.74 Å². The number of carbonyl (C=O) groups is 2. The molecule has 1 aliphatic heterocycles. The molecule has 1 heterocycles. The minimum absolute atomic E-state index is 0.0822. The van der Waals surface area contributed by atoms with Gasteiger partial charge in [0.05, 0.1) is 6.04 Å². The van der Waals surface area contributed by atoms with Crippen LogP contribution in [0.3, 0.4) is 0 Å². The van der Waals surface area contributed by atoms with Crippen molar-refractivity contribution < 1.29 is 19.4 Å². The molecular weight excluding hydrogens is 500 g/mol. The van der Waals surface area contributed by atoms with Crippen LogP contribution in [0.2, 0.25) is 0 Å². The molecule has 0 aromatic heterocycles. The molecule has 0 saturated carbocycles. The predicted molar refractivity (Wildman–Crippen MR) is 160 cm³/mol. The molecule has 1 fully saturated rings. The average molecular weight is 543 g/mol. The predicted octanol–water partition coefficient (Wildman–Crippen LogP) is 7.15. The second kappa shape index (κ2) is 11.7. The lowest BCUT2D eigenvalue weighted by molar-refractivity contribution is -0.152. The Labute approximate surface area is 238 Å². The van der Waals surface area contributed by atoms with Crippen molar-refractivity contribution in [1.82, 2.24) is 9.80 Å². The van der Waals surface area contributed by atoms with Crippen LogP contribution in [0, 0.1) is 0 Å². The fourth-order valence-corrected chi connectivity index (χ4v) is 5.11. The van der Waals surface area contributed by atoms with Gasteiger partial charge < -0.3 is 19.6 Å². The maximum atomic E-state index is 13.0. The summed E-state index contributed by atoms with van der Waals surface area (Å²) in [7, 11) is 1.90. The zero-order valence-electron chi connectivity index (χ0n) is 24.6. The van der Waals surface area contributed by atoms with Gasteiger partial charge in [0.2, 0.25) is 0 Å². The van der Waals surface area contributed by atoms with Crippen LogP contribution in [0.4, 0.5) is 4.79 Å². The number of carboxylic acids is 1. The van der Waals surface area contributed by atoms with E-state index in [0.29, 0.717) is 12.3 Å². The zero-order chi connectivity index (χ0) is 29.1. The maximum Gasteiger partial charge on any atom is 0.347 e. The first-order valence-corrected chi connectivity index (χ1v) is 14.1. The molecule has 3 aromatic rings. The van der Waals surface area contributed by atoms with Gasteiger partial charge in [-0.3, -0.25) is 0 Å². The number of nitrogens with zero attached hydrogens (tertiary/aromatic N) is 2. The van der Waals surface area contributed by atoms with Crippen molar-refractivity contribution in [1.29, 1.82) is 0 Å². The summed E-state index contributed by atoms with van der Waals surface area (Å²) in [6.45, 7) is 11.1. The maximum absolute atomic E-state index is 13.0. The largest absolute Gasteiger partial charge is 0.478 e. The highest BCUT2D eigenvalue weighted by molar-refractivity contribution is 5.78. The van der Waals surface area contributed by atoms with Gasteiger partial charge in [0.15, 0.2) is 5.60 Å². The molecule has 6 nitrogen and oxygen atoms in total. The van der Waals surface area contributed by atoms with Gasteiger partial charge in [-0.2, -0.15) is 0 Å². The standard InChI is InChI=1S/C34H42N2O4/c1-33(2,3)27-18-15-25(16-19-27)22-36-23-28(35(6)32(36)39)14-10-11-24-17-20-30(40-34(4,5)31(37)38)29(21-24)26-12-8-7-9-13-26/h7-9,12-13,15-21,28H,10-11,14,22-23H2,1-6H3,(H,37,38)/t28-/m0/s1. The summed E-state index contributed by atoms with van der Waals surface area (Å²) in [5.74, 6) is -0.462. The number of carbonyl (C=O) groups excluding carboxylic acids is 1. The Bertz CT molecular complexity index is 1330. The lowest BCUT2D eigenvalue weighted by Crippen LogP contribution is -2.38. The van der Waals surface area contributed by atoms with Crippen LogP contribution in [0.15, 0.2) is 72.8 Å². The van der Waals surface area contributed by atoms with Crippen molar-refractivity contribution in [3.8, 4) is 16.9 Å². The van der Waals surface area contributed by atoms with Crippen LogP contribution in [0.25, 0.3) is 11.1 Å². The third-order valence-electron chi connectivity index (χ3n) is 7.76. The minimum Gasteiger partial charge on any atom is -0.478 e. The minimum atomic E-state index is -1.34. The number of likely N-dealkylation sites (N-methyl/N-ethyl adjacent to an activating group) is 1. The number of aryl methyl sites for hydroxylation is 1. The molecule has 0 radical (unpaired) electrons. The van der Waals surface area contributed by atoms with Gasteiger partial charge in [-0.25, -0.2) is 9.59 Å². The van der Waals surface area contributed by atoms with Gasteiger partial charge in [-0.1, -0.05) is 81.4 Å². The topological polar surface area (TPSA) is 70.1 Å². The van der Waals surface area contributed by atoms with Crippen LogP contribution >= 0.6 is 0 Å². The third kappa shape index (κ3) is 6.85. The average Bonchev–Trinajstić information content (AvgIpc) is 3.17. The second-order valence-corrected chi connectivity index (χ2v) is 12.4. The number of rotatable bonds is 10. The summed E-state index contributed by atoms with van der Waals surface area (Å²) in [6, 6.07) is 24.7. The highest BCUT2D eigenvalue weighted by Crippen LogP contribution is 2.34. The summed E-state index contributed by atoms with van der Waals surface area (Å²) in [6.07, 6.45) is 2.70. The van der Waals surface area contributed by atoms with E-state index in [9.17, 15) is 14.7 Å². The lowest BCUT2D eigenvalue weighted by Gasteiger charge is -2.24. The van der Waals surface area contributed by atoms with E-state index in [4.69, 9.17) is 4.74 Å². The molecule has 0 unspecified atom stereocenters. The zero-order valence-corrected chi connectivity index (χ0v) is 24.6. The molecule has 2 amide bonds. The fraction of sp³-hybridized carbons (Fsp3) is 0.412. The Morgan fingerprint density at radius 2 is 1.60 bits per heavy atom. The highest BCUT2D eigenvalue weighted by atomic mass is 16.5. The number of ether oxygens (including phenoxy) is 1. The van der Waals surface area contributed by atoms with E-state index < -0.39 is 11.6 Å². The van der Waals surface area contributed by atoms with E-state index in [-0.39, 0.29) is 17.5 Å². The molecule has 1 atom stereocenters. The SMILES string of the molecule is CN1C(=O)N(Cc2ccc(C(C)(C)C)cc2)C[C@@H]1CCCc1ccc(OC(C)(C)C(=O)O)c(-c2ccccc2)c1. The number of amides is 2. The first kappa shape index (κ1) is 29.2. The third-order valence-corrected chi connectivity index (χ3v) is 7.76. The quantitative estimate of drug-likeness (QED) is 0.295. The molecule has 6 heteroatoms. The summed E-state index contributed by atoms with van der Waals surface area (Å²) >= 11 is 0. The summed E-state index contributed by atoms with van der Waals surface area (Å²) in [5.41, 5.74) is 4.22. The molecule has 1 saturated heterocycles. The van der Waals surface area contributed by atoms with Crippen molar-refractivity contribution in [3.63, 3.8) is 0 Å². The number of carboxylic acid groups (broad SMARTS) is 1. The Kier molecular flexibility index (Phi) is 8.57. The van der Waals surface area contributed by atoms with E-state index in [1.807, 2.05) is 59.3 Å². The molecule has 0 aliphatic carbocycles. The Hall–Kier alpha value is -3.80.